The molecule has 0 bridgehead atoms. The first-order valence-electron chi connectivity index (χ1n) is 0.651. The largest absolute Gasteiger partial charge is 0 e. The number of rotatable bonds is 0. The SMILES string of the molecule is O=C(O)O.[CaH2].[Ce]. The molecule has 0 saturated heterocycles. The topological polar surface area (TPSA) is 57.5 Å². The Morgan fingerprint density at radius 1 is 1.33 bits per heavy atom. The fraction of sp³-hybridized carbons (Fsp3) is 0. The zero-order valence-corrected chi connectivity index (χ0v) is 5.44. The predicted molar refractivity (Wildman–Crippen MR) is 19.2 cm³/mol. The molecule has 0 fully saturated rings. The fourth-order valence-corrected chi connectivity index (χ4v) is 0. The summed E-state index contributed by atoms with van der Waals surface area (Å²) < 4.78 is 0. The van der Waals surface area contributed by atoms with E-state index >= 15 is 0 Å². The molecule has 0 rings (SSSR count). The molecule has 0 radical (unpaired) electrons. The van der Waals surface area contributed by atoms with Gasteiger partial charge in [0.25, 0.3) is 0 Å². The van der Waals surface area contributed by atoms with Gasteiger partial charge in [-0.15, -0.1) is 0 Å². The summed E-state index contributed by atoms with van der Waals surface area (Å²) in [6.07, 6.45) is -1.83. The normalized spacial score (nSPS) is 4.00. The van der Waals surface area contributed by atoms with Crippen LogP contribution in [0.4, 0.5) is 4.79 Å². The van der Waals surface area contributed by atoms with Crippen molar-refractivity contribution in [3.63, 3.8) is 0 Å². The van der Waals surface area contributed by atoms with Gasteiger partial charge in [0.2, 0.25) is 0 Å². The molecule has 0 aliphatic rings. The molecule has 0 atom stereocenters. The summed E-state index contributed by atoms with van der Waals surface area (Å²) in [7, 11) is 0. The summed E-state index contributed by atoms with van der Waals surface area (Å²) in [4.78, 5) is 8.56. The summed E-state index contributed by atoms with van der Waals surface area (Å²) in [6, 6.07) is 0. The van der Waals surface area contributed by atoms with Crippen LogP contribution in [-0.4, -0.2) is 54.1 Å². The first-order chi connectivity index (χ1) is 1.73. The maximum Gasteiger partial charge on any atom is 0 e. The van der Waals surface area contributed by atoms with E-state index in [1.807, 2.05) is 0 Å². The molecule has 0 amide bonds. The third-order valence-electron chi connectivity index (χ3n) is 0. The van der Waals surface area contributed by atoms with Crippen LogP contribution in [0.15, 0.2) is 0 Å². The van der Waals surface area contributed by atoms with Crippen LogP contribution in [0.3, 0.4) is 0 Å². The molecule has 5 heteroatoms. The van der Waals surface area contributed by atoms with Crippen molar-refractivity contribution in [2.75, 3.05) is 0 Å². The number of hydrogen-bond acceptors (Lipinski definition) is 1. The number of carbonyl (C=O) groups is 1. The maximum absolute atomic E-state index is 8.56. The van der Waals surface area contributed by atoms with Gasteiger partial charge < -0.3 is 10.2 Å². The van der Waals surface area contributed by atoms with Crippen LogP contribution in [-0.2, 0) is 0 Å². The minimum atomic E-state index is -1.83. The molecule has 2 N–H and O–H groups in total. The van der Waals surface area contributed by atoms with Crippen molar-refractivity contribution in [1.82, 2.24) is 0 Å². The van der Waals surface area contributed by atoms with E-state index in [2.05, 4.69) is 0 Å². The second-order valence-electron chi connectivity index (χ2n) is 0.283. The molecule has 0 aliphatic heterocycles. The molecule has 32 valence electrons. The molecule has 0 aromatic carbocycles. The smallest absolute Gasteiger partial charge is 0 e. The molecule has 0 aromatic rings. The molecule has 0 heterocycles. The van der Waals surface area contributed by atoms with Crippen molar-refractivity contribution in [3.8, 4) is 0 Å². The first-order valence-corrected chi connectivity index (χ1v) is 0.651. The monoisotopic (exact) mass is 244 g/mol. The van der Waals surface area contributed by atoms with E-state index in [9.17, 15) is 0 Å². The Balaban J connectivity index is -0.0000000450. The number of carboxylic acid groups (broad SMARTS) is 2. The molecule has 6 heavy (non-hydrogen) atoms. The maximum atomic E-state index is 8.56. The van der Waals surface area contributed by atoms with E-state index in [4.69, 9.17) is 15.0 Å². The Bertz CT molecular complexity index is 33.8. The van der Waals surface area contributed by atoms with E-state index in [0.29, 0.717) is 0 Å². The second-order valence-corrected chi connectivity index (χ2v) is 0.283. The summed E-state index contributed by atoms with van der Waals surface area (Å²) in [5, 5.41) is 13.9. The molecule has 3 nitrogen and oxygen atoms in total. The molecular weight excluding hydrogens is 240 g/mol. The van der Waals surface area contributed by atoms with Gasteiger partial charge in [-0.25, -0.2) is 4.79 Å². The summed E-state index contributed by atoms with van der Waals surface area (Å²) in [5.74, 6) is 0. The van der Waals surface area contributed by atoms with Gasteiger partial charge in [0.15, 0.2) is 0 Å². The Morgan fingerprint density at radius 3 is 1.33 bits per heavy atom. The molecule has 0 spiro atoms. The molecule has 0 unspecified atom stereocenters. The van der Waals surface area contributed by atoms with Crippen LogP contribution in [0.25, 0.3) is 0 Å². The van der Waals surface area contributed by atoms with Crippen molar-refractivity contribution < 1.29 is 56.8 Å². The number of hydrogen-bond donors (Lipinski definition) is 2. The Morgan fingerprint density at radius 2 is 1.33 bits per heavy atom. The van der Waals surface area contributed by atoms with Crippen LogP contribution in [0.1, 0.15) is 0 Å². The summed E-state index contributed by atoms with van der Waals surface area (Å²) in [5.41, 5.74) is 0. The molecular formula is CH4CaCeO3. The van der Waals surface area contributed by atoms with E-state index in [-0.39, 0.29) is 79.5 Å². The van der Waals surface area contributed by atoms with Crippen LogP contribution >= 0.6 is 0 Å². The molecule has 0 aromatic heterocycles. The van der Waals surface area contributed by atoms with Crippen molar-refractivity contribution in [1.29, 1.82) is 0 Å². The van der Waals surface area contributed by atoms with Gasteiger partial charge >= 0.3 is 43.9 Å². The summed E-state index contributed by atoms with van der Waals surface area (Å²) in [6.45, 7) is 0. The van der Waals surface area contributed by atoms with Gasteiger partial charge in [-0.3, -0.25) is 0 Å². The third-order valence-corrected chi connectivity index (χ3v) is 0. The van der Waals surface area contributed by atoms with E-state index in [1.54, 1.807) is 0 Å². The average molecular weight is 244 g/mol. The zero-order valence-electron chi connectivity index (χ0n) is 2.30. The van der Waals surface area contributed by atoms with Crippen LogP contribution in [0.2, 0.25) is 0 Å². The standard InChI is InChI=1S/CH2O3.Ca.Ce.2H/c2-1(3)4;;;;/h(H2,2,3,4);;;;. The quantitative estimate of drug-likeness (QED) is 0.554. The zero-order chi connectivity index (χ0) is 3.58. The van der Waals surface area contributed by atoms with Crippen LogP contribution in [0, 0.1) is 41.7 Å². The average Bonchev–Trinajstić information content (AvgIpc) is 0.811. The predicted octanol–water partition coefficient (Wildman–Crippen LogP) is -0.694. The minimum absolute atomic E-state index is 0. The third kappa shape index (κ3) is 39.1. The van der Waals surface area contributed by atoms with Crippen LogP contribution in [0.5, 0.6) is 0 Å². The van der Waals surface area contributed by atoms with E-state index in [0.717, 1.165) is 0 Å². The van der Waals surface area contributed by atoms with E-state index in [1.165, 1.54) is 0 Å². The van der Waals surface area contributed by atoms with E-state index < -0.39 is 6.16 Å². The van der Waals surface area contributed by atoms with Crippen molar-refractivity contribution in [2.24, 2.45) is 0 Å². The molecule has 0 saturated carbocycles. The van der Waals surface area contributed by atoms with Crippen molar-refractivity contribution >= 4 is 43.9 Å². The van der Waals surface area contributed by atoms with Crippen molar-refractivity contribution in [2.45, 2.75) is 0 Å². The Labute approximate surface area is 98.5 Å². The van der Waals surface area contributed by atoms with Crippen LogP contribution < -0.4 is 0 Å². The van der Waals surface area contributed by atoms with Gasteiger partial charge in [-0.2, -0.15) is 0 Å². The van der Waals surface area contributed by atoms with Gasteiger partial charge in [-0.1, -0.05) is 0 Å². The Kier molecular flexibility index (Phi) is 26.1. The van der Waals surface area contributed by atoms with Gasteiger partial charge in [-0.05, 0) is 0 Å². The summed E-state index contributed by atoms with van der Waals surface area (Å²) >= 11 is 0. The van der Waals surface area contributed by atoms with Gasteiger partial charge in [0.1, 0.15) is 0 Å². The Hall–Kier alpha value is 1.91. The fourth-order valence-electron chi connectivity index (χ4n) is 0. The van der Waals surface area contributed by atoms with Crippen molar-refractivity contribution in [3.05, 3.63) is 0 Å². The minimum Gasteiger partial charge on any atom is 0 e. The van der Waals surface area contributed by atoms with Gasteiger partial charge in [0.05, 0.1) is 0 Å². The molecule has 0 aliphatic carbocycles. The van der Waals surface area contributed by atoms with Gasteiger partial charge in [0, 0.05) is 41.7 Å². The first kappa shape index (κ1) is 15.7. The second kappa shape index (κ2) is 10.0.